The number of carboxylic acids is 1. The number of methoxy groups -OCH3 is 1. The minimum Gasteiger partial charge on any atom is -0.495 e. The van der Waals surface area contributed by atoms with Crippen LogP contribution in [-0.4, -0.2) is 24.2 Å². The maximum Gasteiger partial charge on any atom is 0.306 e. The molecule has 0 aromatic heterocycles. The molecule has 1 aliphatic carbocycles. The molecule has 2 rings (SSSR count). The van der Waals surface area contributed by atoms with Gasteiger partial charge in [0.2, 0.25) is 0 Å². The summed E-state index contributed by atoms with van der Waals surface area (Å²) in [6.45, 7) is 0.742. The van der Waals surface area contributed by atoms with Crippen LogP contribution in [0.4, 0.5) is 0 Å². The van der Waals surface area contributed by atoms with E-state index in [2.05, 4.69) is 5.32 Å². The number of hydrogen-bond donors (Lipinski definition) is 2. The fourth-order valence-corrected chi connectivity index (χ4v) is 2.91. The first kappa shape index (κ1) is 15.1. The average molecular weight is 298 g/mol. The Morgan fingerprint density at radius 1 is 1.40 bits per heavy atom. The molecule has 1 aromatic carbocycles. The Morgan fingerprint density at radius 3 is 2.65 bits per heavy atom. The Morgan fingerprint density at radius 2 is 2.10 bits per heavy atom. The van der Waals surface area contributed by atoms with Gasteiger partial charge in [0.05, 0.1) is 18.1 Å². The van der Waals surface area contributed by atoms with Crippen LogP contribution in [-0.2, 0) is 11.3 Å². The van der Waals surface area contributed by atoms with Crippen molar-refractivity contribution >= 4 is 17.6 Å². The van der Waals surface area contributed by atoms with E-state index in [4.69, 9.17) is 21.4 Å². The standard InChI is InChI=1S/C15H20ClNO3/c1-20-14-7-2-10(8-13(14)16)9-17-12-5-3-11(4-6-12)15(18)19/h2,7-8,11-12,17H,3-6,9H2,1H3,(H,18,19). The highest BCUT2D eigenvalue weighted by molar-refractivity contribution is 6.32. The van der Waals surface area contributed by atoms with E-state index in [1.54, 1.807) is 7.11 Å². The average Bonchev–Trinajstić information content (AvgIpc) is 2.45. The number of halogens is 1. The minimum atomic E-state index is -0.662. The second-order valence-electron chi connectivity index (χ2n) is 5.24. The van der Waals surface area contributed by atoms with Gasteiger partial charge in [-0.2, -0.15) is 0 Å². The molecule has 5 heteroatoms. The molecule has 0 spiro atoms. The van der Waals surface area contributed by atoms with Crippen molar-refractivity contribution in [1.29, 1.82) is 0 Å². The van der Waals surface area contributed by atoms with Crippen LogP contribution in [0.1, 0.15) is 31.2 Å². The zero-order valence-electron chi connectivity index (χ0n) is 11.6. The maximum absolute atomic E-state index is 10.9. The van der Waals surface area contributed by atoms with E-state index in [1.165, 1.54) is 0 Å². The van der Waals surface area contributed by atoms with Crippen molar-refractivity contribution in [2.75, 3.05) is 7.11 Å². The van der Waals surface area contributed by atoms with Crippen molar-refractivity contribution in [3.63, 3.8) is 0 Å². The van der Waals surface area contributed by atoms with Gasteiger partial charge in [0.25, 0.3) is 0 Å². The van der Waals surface area contributed by atoms with Crippen molar-refractivity contribution in [2.24, 2.45) is 5.92 Å². The van der Waals surface area contributed by atoms with E-state index >= 15 is 0 Å². The summed E-state index contributed by atoms with van der Waals surface area (Å²) in [6, 6.07) is 6.14. The second-order valence-corrected chi connectivity index (χ2v) is 5.64. The van der Waals surface area contributed by atoms with Crippen molar-refractivity contribution in [2.45, 2.75) is 38.3 Å². The molecule has 0 amide bonds. The highest BCUT2D eigenvalue weighted by atomic mass is 35.5. The lowest BCUT2D eigenvalue weighted by Gasteiger charge is -2.27. The number of carboxylic acid groups (broad SMARTS) is 1. The third-order valence-electron chi connectivity index (χ3n) is 3.89. The van der Waals surface area contributed by atoms with Gasteiger partial charge in [0, 0.05) is 12.6 Å². The van der Waals surface area contributed by atoms with Gasteiger partial charge in [-0.3, -0.25) is 4.79 Å². The molecule has 0 aliphatic heterocycles. The predicted molar refractivity (Wildman–Crippen MR) is 78.2 cm³/mol. The fourth-order valence-electron chi connectivity index (χ4n) is 2.63. The van der Waals surface area contributed by atoms with Crippen LogP contribution in [0.15, 0.2) is 18.2 Å². The monoisotopic (exact) mass is 297 g/mol. The van der Waals surface area contributed by atoms with Gasteiger partial charge in [0.1, 0.15) is 5.75 Å². The van der Waals surface area contributed by atoms with Gasteiger partial charge >= 0.3 is 5.97 Å². The number of rotatable bonds is 5. The molecule has 1 aromatic rings. The second kappa shape index (κ2) is 6.95. The molecule has 0 bridgehead atoms. The zero-order valence-corrected chi connectivity index (χ0v) is 12.3. The molecule has 4 nitrogen and oxygen atoms in total. The smallest absolute Gasteiger partial charge is 0.306 e. The molecular weight excluding hydrogens is 278 g/mol. The summed E-state index contributed by atoms with van der Waals surface area (Å²) in [5.41, 5.74) is 1.11. The van der Waals surface area contributed by atoms with Crippen LogP contribution < -0.4 is 10.1 Å². The Hall–Kier alpha value is -1.26. The summed E-state index contributed by atoms with van der Waals surface area (Å²) < 4.78 is 5.12. The maximum atomic E-state index is 10.9. The van der Waals surface area contributed by atoms with E-state index in [-0.39, 0.29) is 5.92 Å². The molecule has 20 heavy (non-hydrogen) atoms. The van der Waals surface area contributed by atoms with Crippen LogP contribution in [0.5, 0.6) is 5.75 Å². The zero-order chi connectivity index (χ0) is 14.5. The number of carbonyl (C=O) groups is 1. The lowest BCUT2D eigenvalue weighted by atomic mass is 9.86. The van der Waals surface area contributed by atoms with Crippen LogP contribution in [0, 0.1) is 5.92 Å². The molecule has 0 unspecified atom stereocenters. The molecule has 110 valence electrons. The van der Waals surface area contributed by atoms with Gasteiger partial charge in [0.15, 0.2) is 0 Å². The van der Waals surface area contributed by atoms with Gasteiger partial charge in [-0.25, -0.2) is 0 Å². The third kappa shape index (κ3) is 3.87. The van der Waals surface area contributed by atoms with Gasteiger partial charge < -0.3 is 15.2 Å². The topological polar surface area (TPSA) is 58.6 Å². The third-order valence-corrected chi connectivity index (χ3v) is 4.18. The minimum absolute atomic E-state index is 0.163. The number of nitrogens with one attached hydrogen (secondary N) is 1. The van der Waals surface area contributed by atoms with E-state index in [9.17, 15) is 4.79 Å². The first-order chi connectivity index (χ1) is 9.60. The fraction of sp³-hybridized carbons (Fsp3) is 0.533. The van der Waals surface area contributed by atoms with Crippen LogP contribution in [0.25, 0.3) is 0 Å². The van der Waals surface area contributed by atoms with Crippen molar-refractivity contribution in [3.05, 3.63) is 28.8 Å². The van der Waals surface area contributed by atoms with Gasteiger partial charge in [-0.1, -0.05) is 17.7 Å². The molecule has 1 aliphatic rings. The quantitative estimate of drug-likeness (QED) is 0.877. The first-order valence-electron chi connectivity index (χ1n) is 6.88. The highest BCUT2D eigenvalue weighted by Crippen LogP contribution is 2.26. The number of hydrogen-bond acceptors (Lipinski definition) is 3. The summed E-state index contributed by atoms with van der Waals surface area (Å²) in [7, 11) is 1.60. The molecule has 1 fully saturated rings. The Labute approximate surface area is 124 Å². The normalized spacial score (nSPS) is 22.5. The molecule has 1 saturated carbocycles. The van der Waals surface area contributed by atoms with Crippen LogP contribution >= 0.6 is 11.6 Å². The summed E-state index contributed by atoms with van der Waals surface area (Å²) in [5.74, 6) is -0.147. The van der Waals surface area contributed by atoms with Crippen molar-refractivity contribution in [3.8, 4) is 5.75 Å². The summed E-state index contributed by atoms with van der Waals surface area (Å²) in [4.78, 5) is 10.9. The SMILES string of the molecule is COc1ccc(CNC2CCC(C(=O)O)CC2)cc1Cl. The van der Waals surface area contributed by atoms with E-state index < -0.39 is 5.97 Å². The molecule has 0 atom stereocenters. The molecule has 0 radical (unpaired) electrons. The van der Waals surface area contributed by atoms with Gasteiger partial charge in [-0.05, 0) is 43.4 Å². The Kier molecular flexibility index (Phi) is 5.26. The first-order valence-corrected chi connectivity index (χ1v) is 7.26. The molecular formula is C15H20ClNO3. The number of aliphatic carboxylic acids is 1. The molecule has 2 N–H and O–H groups in total. The molecule has 0 heterocycles. The van der Waals surface area contributed by atoms with E-state index in [1.807, 2.05) is 18.2 Å². The Bertz CT molecular complexity index is 470. The van der Waals surface area contributed by atoms with Crippen molar-refractivity contribution in [1.82, 2.24) is 5.32 Å². The van der Waals surface area contributed by atoms with Crippen LogP contribution in [0.3, 0.4) is 0 Å². The predicted octanol–water partition coefficient (Wildman–Crippen LogP) is 3.08. The van der Waals surface area contributed by atoms with Gasteiger partial charge in [-0.15, -0.1) is 0 Å². The largest absolute Gasteiger partial charge is 0.495 e. The lowest BCUT2D eigenvalue weighted by Crippen LogP contribution is -2.34. The Balaban J connectivity index is 1.81. The van der Waals surface area contributed by atoms with E-state index in [0.29, 0.717) is 16.8 Å². The summed E-state index contributed by atoms with van der Waals surface area (Å²) in [6.07, 6.45) is 3.36. The summed E-state index contributed by atoms with van der Waals surface area (Å²) >= 11 is 6.09. The number of ether oxygens (including phenoxy) is 1. The van der Waals surface area contributed by atoms with E-state index in [0.717, 1.165) is 37.8 Å². The van der Waals surface area contributed by atoms with Crippen LogP contribution in [0.2, 0.25) is 5.02 Å². The summed E-state index contributed by atoms with van der Waals surface area (Å²) in [5, 5.41) is 13.0. The number of benzene rings is 1. The van der Waals surface area contributed by atoms with Crippen molar-refractivity contribution < 1.29 is 14.6 Å². The highest BCUT2D eigenvalue weighted by Gasteiger charge is 2.25. The lowest BCUT2D eigenvalue weighted by molar-refractivity contribution is -0.142. The molecule has 0 saturated heterocycles.